The standard InChI is InChI=1S/C25H21ClN2O3/c26-20-9-5-4-8-17(20)23(29)27(14-6-2-1-3-7-14)13-28-24(30)21-15-10-11-16(19-12-18(15)19)22(21)25(28)31/h1-11,15-16,18-19,21-22H,12-13H2. The van der Waals surface area contributed by atoms with Gasteiger partial charge >= 0.3 is 0 Å². The number of anilines is 1. The zero-order chi connectivity index (χ0) is 21.3. The monoisotopic (exact) mass is 432 g/mol. The topological polar surface area (TPSA) is 57.7 Å². The van der Waals surface area contributed by atoms with E-state index in [2.05, 4.69) is 12.2 Å². The number of amides is 3. The van der Waals surface area contributed by atoms with Crippen molar-refractivity contribution in [1.82, 2.24) is 4.90 Å². The second-order valence-corrected chi connectivity index (χ2v) is 9.36. The van der Waals surface area contributed by atoms with Crippen LogP contribution in [0.2, 0.25) is 5.02 Å². The predicted octanol–water partition coefficient (Wildman–Crippen LogP) is 4.00. The molecular formula is C25H21ClN2O3. The van der Waals surface area contributed by atoms with Gasteiger partial charge in [-0.2, -0.15) is 0 Å². The highest BCUT2D eigenvalue weighted by Gasteiger charge is 2.67. The molecule has 5 aliphatic rings. The second kappa shape index (κ2) is 6.79. The molecule has 2 saturated carbocycles. The molecule has 1 aliphatic heterocycles. The van der Waals surface area contributed by atoms with Crippen LogP contribution in [0.25, 0.3) is 0 Å². The van der Waals surface area contributed by atoms with Crippen LogP contribution in [0.4, 0.5) is 5.69 Å². The maximum absolute atomic E-state index is 13.5. The molecule has 0 aromatic heterocycles. The summed E-state index contributed by atoms with van der Waals surface area (Å²) in [5, 5.41) is 0.337. The van der Waals surface area contributed by atoms with E-state index < -0.39 is 0 Å². The Balaban J connectivity index is 1.35. The van der Waals surface area contributed by atoms with Crippen LogP contribution < -0.4 is 4.90 Å². The summed E-state index contributed by atoms with van der Waals surface area (Å²) < 4.78 is 0. The SMILES string of the molecule is O=C1C2C3C=CC(C4CC34)C2C(=O)N1CN(C(=O)c1ccccc1Cl)c1ccccc1. The molecule has 0 radical (unpaired) electrons. The Morgan fingerprint density at radius 3 is 2.10 bits per heavy atom. The van der Waals surface area contributed by atoms with Crippen LogP contribution in [0, 0.1) is 35.5 Å². The first-order valence-electron chi connectivity index (χ1n) is 10.7. The lowest BCUT2D eigenvalue weighted by Crippen LogP contribution is -2.45. The van der Waals surface area contributed by atoms with Crippen molar-refractivity contribution < 1.29 is 14.4 Å². The number of rotatable bonds is 4. The highest BCUT2D eigenvalue weighted by molar-refractivity contribution is 6.34. The molecule has 6 heteroatoms. The van der Waals surface area contributed by atoms with E-state index in [9.17, 15) is 14.4 Å². The van der Waals surface area contributed by atoms with Gasteiger partial charge in [-0.3, -0.25) is 24.2 Å². The third-order valence-electron chi connectivity index (χ3n) is 7.45. The largest absolute Gasteiger partial charge is 0.290 e. The number of para-hydroxylation sites is 1. The fraction of sp³-hybridized carbons (Fsp3) is 0.320. The zero-order valence-electron chi connectivity index (χ0n) is 16.7. The number of hydrogen-bond donors (Lipinski definition) is 0. The van der Waals surface area contributed by atoms with Crippen LogP contribution in [-0.2, 0) is 9.59 Å². The summed E-state index contributed by atoms with van der Waals surface area (Å²) in [5.41, 5.74) is 0.958. The Morgan fingerprint density at radius 1 is 0.903 bits per heavy atom. The van der Waals surface area contributed by atoms with E-state index in [1.165, 1.54) is 9.80 Å². The minimum absolute atomic E-state index is 0.104. The van der Waals surface area contributed by atoms with Gasteiger partial charge in [-0.05, 0) is 54.4 Å². The summed E-state index contributed by atoms with van der Waals surface area (Å²) >= 11 is 6.29. The molecule has 3 fully saturated rings. The maximum atomic E-state index is 13.5. The number of carbonyl (C=O) groups is 3. The average Bonchev–Trinajstić information content (AvgIpc) is 3.58. The highest BCUT2D eigenvalue weighted by Crippen LogP contribution is 2.65. The van der Waals surface area contributed by atoms with Crippen LogP contribution in [0.5, 0.6) is 0 Å². The second-order valence-electron chi connectivity index (χ2n) is 8.95. The van der Waals surface area contributed by atoms with Gasteiger partial charge in [0, 0.05) is 5.69 Å². The van der Waals surface area contributed by atoms with E-state index in [-0.39, 0.29) is 48.1 Å². The molecule has 6 unspecified atom stereocenters. The van der Waals surface area contributed by atoms with Crippen molar-refractivity contribution in [3.8, 4) is 0 Å². The fourth-order valence-corrected chi connectivity index (χ4v) is 6.17. The Bertz CT molecular complexity index is 1090. The van der Waals surface area contributed by atoms with Crippen LogP contribution in [0.3, 0.4) is 0 Å². The van der Waals surface area contributed by atoms with E-state index in [1.54, 1.807) is 36.4 Å². The molecule has 6 atom stereocenters. The molecule has 0 spiro atoms. The molecular weight excluding hydrogens is 412 g/mol. The Hall–Kier alpha value is -2.92. The third kappa shape index (κ3) is 2.72. The highest BCUT2D eigenvalue weighted by atomic mass is 35.5. The molecule has 1 saturated heterocycles. The van der Waals surface area contributed by atoms with Crippen molar-refractivity contribution in [1.29, 1.82) is 0 Å². The summed E-state index contributed by atoms with van der Waals surface area (Å²) in [4.78, 5) is 43.0. The van der Waals surface area contributed by atoms with E-state index in [0.29, 0.717) is 28.1 Å². The van der Waals surface area contributed by atoms with Gasteiger partial charge in [-0.15, -0.1) is 0 Å². The molecule has 156 valence electrons. The lowest BCUT2D eigenvalue weighted by molar-refractivity contribution is -0.140. The smallest absolute Gasteiger partial charge is 0.261 e. The quantitative estimate of drug-likeness (QED) is 0.542. The van der Waals surface area contributed by atoms with Crippen LogP contribution in [-0.4, -0.2) is 29.3 Å². The summed E-state index contributed by atoms with van der Waals surface area (Å²) in [6.45, 7) is -0.104. The number of hydrogen-bond acceptors (Lipinski definition) is 3. The van der Waals surface area contributed by atoms with E-state index in [1.807, 2.05) is 18.2 Å². The van der Waals surface area contributed by atoms with Crippen molar-refractivity contribution in [2.24, 2.45) is 35.5 Å². The van der Waals surface area contributed by atoms with Crippen LogP contribution in [0.1, 0.15) is 16.8 Å². The number of nitrogens with zero attached hydrogens (tertiary/aromatic N) is 2. The van der Waals surface area contributed by atoms with Gasteiger partial charge in [0.15, 0.2) is 0 Å². The first kappa shape index (κ1) is 18.8. The predicted molar refractivity (Wildman–Crippen MR) is 116 cm³/mol. The van der Waals surface area contributed by atoms with Crippen molar-refractivity contribution >= 4 is 35.0 Å². The minimum Gasteiger partial charge on any atom is -0.290 e. The molecule has 4 aliphatic carbocycles. The first-order valence-corrected chi connectivity index (χ1v) is 11.1. The van der Waals surface area contributed by atoms with Crippen molar-refractivity contribution in [3.05, 3.63) is 77.3 Å². The molecule has 3 amide bonds. The van der Waals surface area contributed by atoms with Gasteiger partial charge in [0.05, 0.1) is 22.4 Å². The van der Waals surface area contributed by atoms with Crippen LogP contribution >= 0.6 is 11.6 Å². The van der Waals surface area contributed by atoms with Gasteiger partial charge in [-0.1, -0.05) is 54.1 Å². The van der Waals surface area contributed by atoms with Gasteiger partial charge in [0.25, 0.3) is 5.91 Å². The molecule has 0 N–H and O–H groups in total. The summed E-state index contributed by atoms with van der Waals surface area (Å²) in [5.74, 6) is 0.220. The zero-order valence-corrected chi connectivity index (χ0v) is 17.5. The van der Waals surface area contributed by atoms with Gasteiger partial charge in [0.2, 0.25) is 11.8 Å². The van der Waals surface area contributed by atoms with Gasteiger partial charge in [0.1, 0.15) is 6.67 Å². The van der Waals surface area contributed by atoms with Crippen molar-refractivity contribution in [2.45, 2.75) is 6.42 Å². The third-order valence-corrected chi connectivity index (χ3v) is 7.78. The van der Waals surface area contributed by atoms with E-state index in [0.717, 1.165) is 6.42 Å². The Labute approximate surface area is 185 Å². The maximum Gasteiger partial charge on any atom is 0.261 e. The fourth-order valence-electron chi connectivity index (χ4n) is 5.95. The molecule has 2 bridgehead atoms. The van der Waals surface area contributed by atoms with Crippen LogP contribution in [0.15, 0.2) is 66.7 Å². The molecule has 1 heterocycles. The first-order chi connectivity index (χ1) is 15.1. The number of allylic oxidation sites excluding steroid dienone is 2. The van der Waals surface area contributed by atoms with Gasteiger partial charge in [-0.25, -0.2) is 0 Å². The van der Waals surface area contributed by atoms with Crippen molar-refractivity contribution in [2.75, 3.05) is 11.6 Å². The van der Waals surface area contributed by atoms with Crippen molar-refractivity contribution in [3.63, 3.8) is 0 Å². The molecule has 2 aromatic rings. The number of likely N-dealkylation sites (tertiary alicyclic amines) is 1. The number of benzene rings is 2. The summed E-state index contributed by atoms with van der Waals surface area (Å²) in [6, 6.07) is 15.9. The Kier molecular flexibility index (Phi) is 4.12. The average molecular weight is 433 g/mol. The summed E-state index contributed by atoms with van der Waals surface area (Å²) in [7, 11) is 0. The molecule has 5 nitrogen and oxygen atoms in total. The minimum atomic E-state index is -0.337. The lowest BCUT2D eigenvalue weighted by atomic mass is 9.63. The lowest BCUT2D eigenvalue weighted by Gasteiger charge is -2.37. The number of carbonyl (C=O) groups excluding carboxylic acids is 3. The summed E-state index contributed by atoms with van der Waals surface area (Å²) in [6.07, 6.45) is 5.42. The van der Waals surface area contributed by atoms with E-state index >= 15 is 0 Å². The molecule has 7 rings (SSSR count). The van der Waals surface area contributed by atoms with Gasteiger partial charge < -0.3 is 0 Å². The Morgan fingerprint density at radius 2 is 1.48 bits per heavy atom. The number of imide groups is 1. The number of halogens is 1. The molecule has 31 heavy (non-hydrogen) atoms. The molecule has 2 aromatic carbocycles. The van der Waals surface area contributed by atoms with E-state index in [4.69, 9.17) is 11.6 Å². The normalized spacial score (nSPS) is 32.1.